The number of rotatable bonds is 2. The lowest BCUT2D eigenvalue weighted by atomic mass is 10.1. The van der Waals surface area contributed by atoms with E-state index in [2.05, 4.69) is 5.32 Å². The van der Waals surface area contributed by atoms with Gasteiger partial charge in [0.1, 0.15) is 6.26 Å². The Balaban J connectivity index is 2.25. The van der Waals surface area contributed by atoms with Crippen LogP contribution in [0.1, 0.15) is 15.9 Å². The average Bonchev–Trinajstić information content (AvgIpc) is 2.76. The van der Waals surface area contributed by atoms with Crippen LogP contribution in [0.25, 0.3) is 0 Å². The van der Waals surface area contributed by atoms with E-state index in [1.54, 1.807) is 12.1 Å². The zero-order valence-corrected chi connectivity index (χ0v) is 8.86. The summed E-state index contributed by atoms with van der Waals surface area (Å²) in [6.07, 6.45) is 2.85. The number of para-hydroxylation sites is 1. The largest absolute Gasteiger partial charge is 0.472 e. The molecule has 0 unspecified atom stereocenters. The second kappa shape index (κ2) is 4.10. The number of hydrogen-bond donors (Lipinski definition) is 2. The highest BCUT2D eigenvalue weighted by molar-refractivity contribution is 6.05. The number of amides is 1. The number of benzene rings is 1. The van der Waals surface area contributed by atoms with Crippen molar-refractivity contribution >= 4 is 17.3 Å². The molecule has 82 valence electrons. The summed E-state index contributed by atoms with van der Waals surface area (Å²) in [5, 5.41) is 2.76. The Hall–Kier alpha value is -2.23. The molecule has 0 radical (unpaired) electrons. The molecule has 0 aliphatic heterocycles. The van der Waals surface area contributed by atoms with E-state index in [1.165, 1.54) is 12.5 Å². The Labute approximate surface area is 93.1 Å². The van der Waals surface area contributed by atoms with Gasteiger partial charge in [-0.05, 0) is 24.6 Å². The van der Waals surface area contributed by atoms with Crippen molar-refractivity contribution in [3.63, 3.8) is 0 Å². The van der Waals surface area contributed by atoms with E-state index in [-0.39, 0.29) is 5.91 Å². The molecular formula is C12H12N2O2. The lowest BCUT2D eigenvalue weighted by Crippen LogP contribution is -2.13. The Morgan fingerprint density at radius 1 is 1.38 bits per heavy atom. The topological polar surface area (TPSA) is 68.3 Å². The molecule has 4 heteroatoms. The molecule has 4 nitrogen and oxygen atoms in total. The number of anilines is 2. The molecule has 1 aromatic carbocycles. The number of nitrogen functional groups attached to an aromatic ring is 1. The van der Waals surface area contributed by atoms with Crippen LogP contribution in [-0.2, 0) is 0 Å². The van der Waals surface area contributed by atoms with Gasteiger partial charge in [0.05, 0.1) is 23.2 Å². The summed E-state index contributed by atoms with van der Waals surface area (Å²) in [7, 11) is 0. The second-order valence-corrected chi connectivity index (χ2v) is 3.51. The molecule has 0 atom stereocenters. The molecule has 0 bridgehead atoms. The number of nitrogens with one attached hydrogen (secondary N) is 1. The molecular weight excluding hydrogens is 204 g/mol. The van der Waals surface area contributed by atoms with E-state index in [9.17, 15) is 4.79 Å². The highest BCUT2D eigenvalue weighted by atomic mass is 16.3. The first-order valence-electron chi connectivity index (χ1n) is 4.87. The third-order valence-electron chi connectivity index (χ3n) is 2.33. The van der Waals surface area contributed by atoms with Crippen molar-refractivity contribution in [3.05, 3.63) is 47.9 Å². The van der Waals surface area contributed by atoms with E-state index in [0.29, 0.717) is 16.9 Å². The zero-order valence-electron chi connectivity index (χ0n) is 8.86. The SMILES string of the molecule is Cc1cccc(N)c1NC(=O)c1ccoc1. The first-order chi connectivity index (χ1) is 7.68. The molecule has 16 heavy (non-hydrogen) atoms. The summed E-state index contributed by atoms with van der Waals surface area (Å²) >= 11 is 0. The fourth-order valence-corrected chi connectivity index (χ4v) is 1.44. The molecule has 3 N–H and O–H groups in total. The smallest absolute Gasteiger partial charge is 0.258 e. The van der Waals surface area contributed by atoms with Crippen molar-refractivity contribution in [1.82, 2.24) is 0 Å². The molecule has 1 amide bonds. The van der Waals surface area contributed by atoms with Gasteiger partial charge in [0, 0.05) is 0 Å². The van der Waals surface area contributed by atoms with Crippen LogP contribution in [0.2, 0.25) is 0 Å². The van der Waals surface area contributed by atoms with E-state index >= 15 is 0 Å². The number of aryl methyl sites for hydroxylation is 1. The Morgan fingerprint density at radius 3 is 2.81 bits per heavy atom. The van der Waals surface area contributed by atoms with Crippen molar-refractivity contribution in [3.8, 4) is 0 Å². The van der Waals surface area contributed by atoms with Crippen LogP contribution in [0.3, 0.4) is 0 Å². The number of carbonyl (C=O) groups excluding carboxylic acids is 1. The third kappa shape index (κ3) is 1.91. The molecule has 0 aliphatic rings. The molecule has 2 rings (SSSR count). The standard InChI is InChI=1S/C12H12N2O2/c1-8-3-2-4-10(13)11(8)14-12(15)9-5-6-16-7-9/h2-7H,13H2,1H3,(H,14,15). The molecule has 0 fully saturated rings. The van der Waals surface area contributed by atoms with Gasteiger partial charge in [-0.3, -0.25) is 4.79 Å². The van der Waals surface area contributed by atoms with Crippen molar-refractivity contribution in [1.29, 1.82) is 0 Å². The minimum atomic E-state index is -0.227. The van der Waals surface area contributed by atoms with Crippen LogP contribution in [0.4, 0.5) is 11.4 Å². The zero-order chi connectivity index (χ0) is 11.5. The number of furan rings is 1. The van der Waals surface area contributed by atoms with Gasteiger partial charge in [-0.15, -0.1) is 0 Å². The van der Waals surface area contributed by atoms with Crippen LogP contribution in [0.15, 0.2) is 41.2 Å². The van der Waals surface area contributed by atoms with Crippen LogP contribution in [-0.4, -0.2) is 5.91 Å². The van der Waals surface area contributed by atoms with Gasteiger partial charge in [-0.25, -0.2) is 0 Å². The monoisotopic (exact) mass is 216 g/mol. The number of hydrogen-bond acceptors (Lipinski definition) is 3. The Bertz CT molecular complexity index is 483. The van der Waals surface area contributed by atoms with Crippen molar-refractivity contribution < 1.29 is 9.21 Å². The lowest BCUT2D eigenvalue weighted by molar-refractivity contribution is 0.102. The maximum absolute atomic E-state index is 11.8. The highest BCUT2D eigenvalue weighted by Crippen LogP contribution is 2.23. The predicted octanol–water partition coefficient (Wildman–Crippen LogP) is 2.42. The number of carbonyl (C=O) groups is 1. The summed E-state index contributed by atoms with van der Waals surface area (Å²) in [6.45, 7) is 1.89. The van der Waals surface area contributed by atoms with Crippen molar-refractivity contribution in [2.45, 2.75) is 6.92 Å². The number of nitrogens with two attached hydrogens (primary N) is 1. The van der Waals surface area contributed by atoms with Crippen LogP contribution < -0.4 is 11.1 Å². The maximum atomic E-state index is 11.8. The minimum Gasteiger partial charge on any atom is -0.472 e. The van der Waals surface area contributed by atoms with E-state index in [4.69, 9.17) is 10.2 Å². The Kier molecular flexibility index (Phi) is 2.64. The van der Waals surface area contributed by atoms with Crippen LogP contribution in [0, 0.1) is 6.92 Å². The molecule has 0 saturated heterocycles. The Morgan fingerprint density at radius 2 is 2.19 bits per heavy atom. The summed E-state index contributed by atoms with van der Waals surface area (Å²) in [5.74, 6) is -0.227. The van der Waals surface area contributed by atoms with Crippen molar-refractivity contribution in [2.24, 2.45) is 0 Å². The molecule has 0 spiro atoms. The van der Waals surface area contributed by atoms with Crippen LogP contribution in [0.5, 0.6) is 0 Å². The highest BCUT2D eigenvalue weighted by Gasteiger charge is 2.10. The van der Waals surface area contributed by atoms with Gasteiger partial charge < -0.3 is 15.5 Å². The summed E-state index contributed by atoms with van der Waals surface area (Å²) < 4.78 is 4.84. The van der Waals surface area contributed by atoms with Gasteiger partial charge in [0.2, 0.25) is 0 Å². The normalized spacial score (nSPS) is 10.1. The lowest BCUT2D eigenvalue weighted by Gasteiger charge is -2.09. The average molecular weight is 216 g/mol. The molecule has 1 heterocycles. The van der Waals surface area contributed by atoms with Gasteiger partial charge in [-0.1, -0.05) is 12.1 Å². The summed E-state index contributed by atoms with van der Waals surface area (Å²) in [6, 6.07) is 7.08. The van der Waals surface area contributed by atoms with Gasteiger partial charge in [0.15, 0.2) is 0 Å². The molecule has 2 aromatic rings. The third-order valence-corrected chi connectivity index (χ3v) is 2.33. The van der Waals surface area contributed by atoms with E-state index < -0.39 is 0 Å². The quantitative estimate of drug-likeness (QED) is 0.757. The molecule has 0 saturated carbocycles. The first-order valence-corrected chi connectivity index (χ1v) is 4.87. The van der Waals surface area contributed by atoms with Crippen molar-refractivity contribution in [2.75, 3.05) is 11.1 Å². The van der Waals surface area contributed by atoms with Crippen LogP contribution >= 0.6 is 0 Å². The van der Waals surface area contributed by atoms with Gasteiger partial charge in [0.25, 0.3) is 5.91 Å². The fourth-order valence-electron chi connectivity index (χ4n) is 1.44. The van der Waals surface area contributed by atoms with E-state index in [1.807, 2.05) is 19.1 Å². The van der Waals surface area contributed by atoms with Gasteiger partial charge >= 0.3 is 0 Å². The molecule has 1 aromatic heterocycles. The van der Waals surface area contributed by atoms with Gasteiger partial charge in [-0.2, -0.15) is 0 Å². The predicted molar refractivity (Wildman–Crippen MR) is 62.3 cm³/mol. The van der Waals surface area contributed by atoms with E-state index in [0.717, 1.165) is 5.56 Å². The second-order valence-electron chi connectivity index (χ2n) is 3.51. The first kappa shape index (κ1) is 10.3. The minimum absolute atomic E-state index is 0.227. The summed E-state index contributed by atoms with van der Waals surface area (Å²) in [4.78, 5) is 11.8. The summed E-state index contributed by atoms with van der Waals surface area (Å²) in [5.41, 5.74) is 8.39. The maximum Gasteiger partial charge on any atom is 0.258 e. The molecule has 0 aliphatic carbocycles. The fraction of sp³-hybridized carbons (Fsp3) is 0.0833.